The minimum absolute atomic E-state index is 0.0585. The van der Waals surface area contributed by atoms with E-state index in [2.05, 4.69) is 15.4 Å². The maximum absolute atomic E-state index is 12.4. The van der Waals surface area contributed by atoms with Crippen LogP contribution in [0.4, 0.5) is 0 Å². The molecule has 1 aromatic heterocycles. The van der Waals surface area contributed by atoms with E-state index in [0.717, 1.165) is 0 Å². The maximum Gasteiger partial charge on any atom is 0.240 e. The van der Waals surface area contributed by atoms with Gasteiger partial charge in [0.15, 0.2) is 0 Å². The standard InChI is InChI=1S/C18H26N2O3S/c1-13(2)23-17-6-8-18(9-7-17)24(21,22)19-11-10-16-12-14(3)20(5)15(16)4/h6-9,12-13,19H,10-11H2,1-5H3. The van der Waals surface area contributed by atoms with Crippen LogP contribution in [0.25, 0.3) is 0 Å². The highest BCUT2D eigenvalue weighted by Crippen LogP contribution is 2.17. The van der Waals surface area contributed by atoms with Crippen LogP contribution in [0.2, 0.25) is 0 Å². The summed E-state index contributed by atoms with van der Waals surface area (Å²) in [7, 11) is -1.49. The highest BCUT2D eigenvalue weighted by Gasteiger charge is 2.14. The van der Waals surface area contributed by atoms with Crippen LogP contribution in [-0.2, 0) is 23.5 Å². The van der Waals surface area contributed by atoms with Gasteiger partial charge in [-0.15, -0.1) is 0 Å². The number of rotatable bonds is 7. The molecule has 6 heteroatoms. The van der Waals surface area contributed by atoms with Crippen molar-refractivity contribution >= 4 is 10.0 Å². The van der Waals surface area contributed by atoms with Gasteiger partial charge in [-0.25, -0.2) is 13.1 Å². The SMILES string of the molecule is Cc1cc(CCNS(=O)(=O)c2ccc(OC(C)C)cc2)c(C)n1C. The van der Waals surface area contributed by atoms with Crippen LogP contribution < -0.4 is 9.46 Å². The van der Waals surface area contributed by atoms with Crippen molar-refractivity contribution in [3.05, 3.63) is 47.3 Å². The monoisotopic (exact) mass is 350 g/mol. The van der Waals surface area contributed by atoms with Crippen molar-refractivity contribution in [3.8, 4) is 5.75 Å². The quantitative estimate of drug-likeness (QED) is 0.835. The Bertz CT molecular complexity index is 790. The van der Waals surface area contributed by atoms with Gasteiger partial charge in [0, 0.05) is 25.0 Å². The number of aromatic nitrogens is 1. The first kappa shape index (κ1) is 18.5. The lowest BCUT2D eigenvalue weighted by Crippen LogP contribution is -2.26. The van der Waals surface area contributed by atoms with Gasteiger partial charge in [0.05, 0.1) is 11.0 Å². The Morgan fingerprint density at radius 1 is 1.17 bits per heavy atom. The summed E-state index contributed by atoms with van der Waals surface area (Å²) < 4.78 is 35.0. The molecular formula is C18H26N2O3S. The summed E-state index contributed by atoms with van der Waals surface area (Å²) in [4.78, 5) is 0.250. The number of sulfonamides is 1. The topological polar surface area (TPSA) is 60.3 Å². The van der Waals surface area contributed by atoms with Crippen molar-refractivity contribution in [1.29, 1.82) is 0 Å². The molecule has 0 fully saturated rings. The Kier molecular flexibility index (Phi) is 5.72. The van der Waals surface area contributed by atoms with Crippen LogP contribution in [0.3, 0.4) is 0 Å². The molecule has 0 aliphatic rings. The zero-order valence-corrected chi connectivity index (χ0v) is 15.8. The van der Waals surface area contributed by atoms with Crippen molar-refractivity contribution in [1.82, 2.24) is 9.29 Å². The second-order valence-electron chi connectivity index (χ2n) is 6.24. The lowest BCUT2D eigenvalue weighted by molar-refractivity contribution is 0.242. The third-order valence-electron chi connectivity index (χ3n) is 4.07. The first-order chi connectivity index (χ1) is 11.2. The summed E-state index contributed by atoms with van der Waals surface area (Å²) in [6.07, 6.45) is 0.726. The normalized spacial score (nSPS) is 11.9. The van der Waals surface area contributed by atoms with Gasteiger partial charge in [0.1, 0.15) is 5.75 Å². The summed E-state index contributed by atoms with van der Waals surface area (Å²) in [6, 6.07) is 8.59. The van der Waals surface area contributed by atoms with Crippen LogP contribution in [-0.4, -0.2) is 25.6 Å². The largest absolute Gasteiger partial charge is 0.491 e. The summed E-state index contributed by atoms with van der Waals surface area (Å²) in [5.41, 5.74) is 3.51. The average Bonchev–Trinajstić information content (AvgIpc) is 2.74. The van der Waals surface area contributed by atoms with E-state index in [1.165, 1.54) is 17.0 Å². The second kappa shape index (κ2) is 7.40. The summed E-state index contributed by atoms with van der Waals surface area (Å²) in [6.45, 7) is 8.32. The van der Waals surface area contributed by atoms with Crippen molar-refractivity contribution < 1.29 is 13.2 Å². The average molecular weight is 350 g/mol. The van der Waals surface area contributed by atoms with Crippen LogP contribution in [0, 0.1) is 13.8 Å². The molecular weight excluding hydrogens is 324 g/mol. The molecule has 0 bridgehead atoms. The van der Waals surface area contributed by atoms with Gasteiger partial charge in [0.25, 0.3) is 0 Å². The molecule has 0 spiro atoms. The van der Waals surface area contributed by atoms with E-state index in [4.69, 9.17) is 4.74 Å². The number of hydrogen-bond acceptors (Lipinski definition) is 3. The summed E-state index contributed by atoms with van der Waals surface area (Å²) in [5.74, 6) is 0.666. The first-order valence-electron chi connectivity index (χ1n) is 8.09. The fraction of sp³-hybridized carbons (Fsp3) is 0.444. The molecule has 0 radical (unpaired) electrons. The zero-order valence-electron chi connectivity index (χ0n) is 15.0. The Morgan fingerprint density at radius 3 is 2.29 bits per heavy atom. The number of hydrogen-bond donors (Lipinski definition) is 1. The lowest BCUT2D eigenvalue weighted by atomic mass is 10.2. The Hall–Kier alpha value is -1.79. The molecule has 2 rings (SSSR count). The Labute approximate surface area is 144 Å². The molecule has 1 heterocycles. The molecule has 24 heavy (non-hydrogen) atoms. The number of benzene rings is 1. The van der Waals surface area contributed by atoms with Gasteiger partial charge in [-0.2, -0.15) is 0 Å². The van der Waals surface area contributed by atoms with Gasteiger partial charge in [-0.05, 0) is 70.0 Å². The van der Waals surface area contributed by atoms with Gasteiger partial charge in [-0.3, -0.25) is 0 Å². The molecule has 0 amide bonds. The van der Waals surface area contributed by atoms with E-state index in [1.807, 2.05) is 34.7 Å². The molecule has 1 N–H and O–H groups in total. The molecule has 0 aliphatic heterocycles. The van der Waals surface area contributed by atoms with Crippen molar-refractivity contribution in [3.63, 3.8) is 0 Å². The Balaban J connectivity index is 1.99. The van der Waals surface area contributed by atoms with Crippen LogP contribution >= 0.6 is 0 Å². The van der Waals surface area contributed by atoms with Crippen molar-refractivity contribution in [2.75, 3.05) is 6.54 Å². The lowest BCUT2D eigenvalue weighted by Gasteiger charge is -2.11. The number of nitrogens with one attached hydrogen (secondary N) is 1. The van der Waals surface area contributed by atoms with E-state index in [-0.39, 0.29) is 11.0 Å². The van der Waals surface area contributed by atoms with Crippen LogP contribution in [0.15, 0.2) is 35.2 Å². The molecule has 1 aromatic carbocycles. The van der Waals surface area contributed by atoms with E-state index in [0.29, 0.717) is 18.7 Å². The number of aryl methyl sites for hydroxylation is 1. The fourth-order valence-electron chi connectivity index (χ4n) is 2.56. The zero-order chi connectivity index (χ0) is 17.9. The van der Waals surface area contributed by atoms with Gasteiger partial charge >= 0.3 is 0 Å². The van der Waals surface area contributed by atoms with E-state index < -0.39 is 10.0 Å². The van der Waals surface area contributed by atoms with Gasteiger partial charge in [0.2, 0.25) is 10.0 Å². The van der Waals surface area contributed by atoms with Crippen LogP contribution in [0.1, 0.15) is 30.8 Å². The number of ether oxygens (including phenoxy) is 1. The van der Waals surface area contributed by atoms with E-state index in [1.54, 1.807) is 24.3 Å². The molecule has 0 aliphatic carbocycles. The van der Waals surface area contributed by atoms with Crippen molar-refractivity contribution in [2.24, 2.45) is 7.05 Å². The van der Waals surface area contributed by atoms with E-state index >= 15 is 0 Å². The molecule has 5 nitrogen and oxygen atoms in total. The first-order valence-corrected chi connectivity index (χ1v) is 9.57. The predicted octanol–water partition coefficient (Wildman–Crippen LogP) is 2.95. The predicted molar refractivity (Wildman–Crippen MR) is 96.0 cm³/mol. The smallest absolute Gasteiger partial charge is 0.240 e. The third-order valence-corrected chi connectivity index (χ3v) is 5.55. The van der Waals surface area contributed by atoms with Gasteiger partial charge in [-0.1, -0.05) is 0 Å². The molecule has 0 unspecified atom stereocenters. The molecule has 0 saturated carbocycles. The summed E-state index contributed by atoms with van der Waals surface area (Å²) >= 11 is 0. The highest BCUT2D eigenvalue weighted by molar-refractivity contribution is 7.89. The Morgan fingerprint density at radius 2 is 1.79 bits per heavy atom. The second-order valence-corrected chi connectivity index (χ2v) is 8.01. The minimum Gasteiger partial charge on any atom is -0.491 e. The molecule has 0 saturated heterocycles. The molecule has 132 valence electrons. The van der Waals surface area contributed by atoms with Crippen molar-refractivity contribution in [2.45, 2.75) is 45.1 Å². The third kappa shape index (κ3) is 4.39. The molecule has 0 atom stereocenters. The number of nitrogens with zero attached hydrogens (tertiary/aromatic N) is 1. The fourth-order valence-corrected chi connectivity index (χ4v) is 3.59. The van der Waals surface area contributed by atoms with E-state index in [9.17, 15) is 8.42 Å². The summed E-state index contributed by atoms with van der Waals surface area (Å²) in [5, 5.41) is 0. The molecule has 2 aromatic rings. The van der Waals surface area contributed by atoms with Crippen LogP contribution in [0.5, 0.6) is 5.75 Å². The maximum atomic E-state index is 12.4. The van der Waals surface area contributed by atoms with Gasteiger partial charge < -0.3 is 9.30 Å². The minimum atomic E-state index is -3.50. The highest BCUT2D eigenvalue weighted by atomic mass is 32.2.